The fourth-order valence-electron chi connectivity index (χ4n) is 9.17. The molecule has 0 amide bonds. The second-order valence-electron chi connectivity index (χ2n) is 14.7. The molecule has 0 atom stereocenters. The number of para-hydroxylation sites is 2. The van der Waals surface area contributed by atoms with Gasteiger partial charge in [0.2, 0.25) is 0 Å². The van der Waals surface area contributed by atoms with Crippen molar-refractivity contribution in [2.45, 2.75) is 48.0 Å². The average molecular weight is 670 g/mol. The lowest BCUT2D eigenvalue weighted by Crippen LogP contribution is -1.99. The van der Waals surface area contributed by atoms with Crippen molar-refractivity contribution in [2.24, 2.45) is 0 Å². The molecule has 0 aliphatic carbocycles. The molecule has 8 aromatic carbocycles. The van der Waals surface area contributed by atoms with Crippen molar-refractivity contribution < 1.29 is 0 Å². The second-order valence-corrected chi connectivity index (χ2v) is 14.7. The van der Waals surface area contributed by atoms with Gasteiger partial charge in [-0.05, 0) is 149 Å². The van der Waals surface area contributed by atoms with Gasteiger partial charge in [-0.3, -0.25) is 0 Å². The summed E-state index contributed by atoms with van der Waals surface area (Å²) in [6.07, 6.45) is 0.988. The van der Waals surface area contributed by atoms with Crippen LogP contribution < -0.4 is 0 Å². The standard InChI is InChI=1S/C51H43N/c1-7-36-29-32(3)28-35(6)49(36)50-42-16-8-9-17-43(42)51(48-33(4)26-31(2)27-34(48)5)45-30-38(22-25-44(45)50)37-20-23-39(24-21-37)52-46-18-12-10-14-40(46)41-15-11-13-19-47(41)52/h8-30H,7H2,1-6H3. The van der Waals surface area contributed by atoms with Gasteiger partial charge in [0.25, 0.3) is 0 Å². The molecule has 0 N–H and O–H groups in total. The molecular weight excluding hydrogens is 627 g/mol. The number of hydrogen-bond donors (Lipinski definition) is 0. The molecule has 1 heteroatoms. The van der Waals surface area contributed by atoms with E-state index in [9.17, 15) is 0 Å². The van der Waals surface area contributed by atoms with E-state index >= 15 is 0 Å². The van der Waals surface area contributed by atoms with Gasteiger partial charge in [-0.2, -0.15) is 0 Å². The normalized spacial score (nSPS) is 11.7. The highest BCUT2D eigenvalue weighted by Crippen LogP contribution is 2.48. The molecule has 0 unspecified atom stereocenters. The van der Waals surface area contributed by atoms with Gasteiger partial charge < -0.3 is 4.57 Å². The van der Waals surface area contributed by atoms with Crippen LogP contribution in [0, 0.1) is 34.6 Å². The molecule has 0 fully saturated rings. The van der Waals surface area contributed by atoms with Crippen LogP contribution in [0.1, 0.15) is 40.3 Å². The van der Waals surface area contributed by atoms with Crippen LogP contribution in [-0.4, -0.2) is 4.57 Å². The highest BCUT2D eigenvalue weighted by molar-refractivity contribution is 6.23. The molecular formula is C51H43N. The summed E-state index contributed by atoms with van der Waals surface area (Å²) in [5.41, 5.74) is 19.5. The molecule has 1 aromatic heterocycles. The molecule has 0 bridgehead atoms. The largest absolute Gasteiger partial charge is 0.309 e. The van der Waals surface area contributed by atoms with E-state index in [1.54, 1.807) is 0 Å². The van der Waals surface area contributed by atoms with E-state index in [1.165, 1.54) is 116 Å². The molecule has 0 aliphatic rings. The average Bonchev–Trinajstić information content (AvgIpc) is 3.49. The van der Waals surface area contributed by atoms with E-state index in [-0.39, 0.29) is 0 Å². The van der Waals surface area contributed by atoms with Crippen molar-refractivity contribution in [3.05, 3.63) is 173 Å². The summed E-state index contributed by atoms with van der Waals surface area (Å²) in [4.78, 5) is 0. The molecule has 0 radical (unpaired) electrons. The molecule has 1 nitrogen and oxygen atoms in total. The second kappa shape index (κ2) is 12.4. The first kappa shape index (κ1) is 32.0. The number of rotatable bonds is 5. The molecule has 0 aliphatic heterocycles. The Morgan fingerprint density at radius 3 is 1.42 bits per heavy atom. The van der Waals surface area contributed by atoms with Crippen LogP contribution in [0.5, 0.6) is 0 Å². The monoisotopic (exact) mass is 669 g/mol. The first-order valence-corrected chi connectivity index (χ1v) is 18.6. The number of aryl methyl sites for hydroxylation is 6. The topological polar surface area (TPSA) is 4.93 Å². The lowest BCUT2D eigenvalue weighted by atomic mass is 9.80. The zero-order valence-corrected chi connectivity index (χ0v) is 30.9. The first-order valence-electron chi connectivity index (χ1n) is 18.6. The summed E-state index contributed by atoms with van der Waals surface area (Å²) in [5.74, 6) is 0. The Kier molecular flexibility index (Phi) is 7.63. The van der Waals surface area contributed by atoms with Gasteiger partial charge in [-0.15, -0.1) is 0 Å². The fourth-order valence-corrected chi connectivity index (χ4v) is 9.17. The van der Waals surface area contributed by atoms with E-state index < -0.39 is 0 Å². The summed E-state index contributed by atoms with van der Waals surface area (Å²) in [5, 5.41) is 7.79. The minimum atomic E-state index is 0.988. The van der Waals surface area contributed by atoms with Crippen LogP contribution in [0.3, 0.4) is 0 Å². The van der Waals surface area contributed by atoms with Crippen molar-refractivity contribution in [2.75, 3.05) is 0 Å². The molecule has 252 valence electrons. The van der Waals surface area contributed by atoms with Crippen molar-refractivity contribution in [1.29, 1.82) is 0 Å². The smallest absolute Gasteiger partial charge is 0.0541 e. The molecule has 0 saturated heterocycles. The van der Waals surface area contributed by atoms with Gasteiger partial charge in [-0.1, -0.05) is 127 Å². The number of fused-ring (bicyclic) bond motifs is 5. The minimum Gasteiger partial charge on any atom is -0.309 e. The third-order valence-electron chi connectivity index (χ3n) is 11.2. The summed E-state index contributed by atoms with van der Waals surface area (Å²) in [6, 6.07) is 52.3. The third kappa shape index (κ3) is 4.99. The van der Waals surface area contributed by atoms with Crippen LogP contribution in [0.15, 0.2) is 140 Å². The molecule has 0 spiro atoms. The Bertz CT molecular complexity index is 2790. The van der Waals surface area contributed by atoms with Crippen molar-refractivity contribution in [1.82, 2.24) is 4.57 Å². The highest BCUT2D eigenvalue weighted by Gasteiger charge is 2.22. The van der Waals surface area contributed by atoms with Gasteiger partial charge in [0, 0.05) is 16.5 Å². The Morgan fingerprint density at radius 1 is 0.385 bits per heavy atom. The Balaban J connectivity index is 1.32. The predicted molar refractivity (Wildman–Crippen MR) is 225 cm³/mol. The van der Waals surface area contributed by atoms with Crippen LogP contribution in [-0.2, 0) is 6.42 Å². The third-order valence-corrected chi connectivity index (χ3v) is 11.2. The van der Waals surface area contributed by atoms with E-state index in [2.05, 4.69) is 186 Å². The van der Waals surface area contributed by atoms with Crippen molar-refractivity contribution in [3.63, 3.8) is 0 Å². The molecule has 9 rings (SSSR count). The maximum Gasteiger partial charge on any atom is 0.0541 e. The van der Waals surface area contributed by atoms with E-state index in [0.29, 0.717) is 0 Å². The zero-order valence-electron chi connectivity index (χ0n) is 30.9. The highest BCUT2D eigenvalue weighted by atomic mass is 15.0. The van der Waals surface area contributed by atoms with Gasteiger partial charge in [0.05, 0.1) is 11.0 Å². The van der Waals surface area contributed by atoms with Crippen LogP contribution >= 0.6 is 0 Å². The summed E-state index contributed by atoms with van der Waals surface area (Å²) < 4.78 is 2.39. The molecule has 52 heavy (non-hydrogen) atoms. The van der Waals surface area contributed by atoms with Gasteiger partial charge in [-0.25, -0.2) is 0 Å². The minimum absolute atomic E-state index is 0.988. The first-order chi connectivity index (χ1) is 25.3. The van der Waals surface area contributed by atoms with Gasteiger partial charge in [0.15, 0.2) is 0 Å². The van der Waals surface area contributed by atoms with E-state index in [1.807, 2.05) is 0 Å². The molecule has 0 saturated carbocycles. The molecule has 9 aromatic rings. The van der Waals surface area contributed by atoms with Crippen molar-refractivity contribution >= 4 is 43.4 Å². The Hall–Kier alpha value is -5.92. The van der Waals surface area contributed by atoms with Gasteiger partial charge >= 0.3 is 0 Å². The SMILES string of the molecule is CCc1cc(C)cc(C)c1-c1c2ccccc2c(-c2c(C)cc(C)cc2C)c2cc(-c3ccc(-n4c5ccccc5c5ccccc54)cc3)ccc12. The Labute approximate surface area is 306 Å². The van der Waals surface area contributed by atoms with Crippen LogP contribution in [0.25, 0.3) is 82.4 Å². The number of benzene rings is 8. The predicted octanol–water partition coefficient (Wildman–Crippen LogP) is 14.2. The van der Waals surface area contributed by atoms with E-state index in [0.717, 1.165) is 6.42 Å². The zero-order chi connectivity index (χ0) is 35.7. The van der Waals surface area contributed by atoms with Gasteiger partial charge in [0.1, 0.15) is 0 Å². The maximum absolute atomic E-state index is 2.46. The molecule has 1 heterocycles. The maximum atomic E-state index is 2.46. The Morgan fingerprint density at radius 2 is 0.846 bits per heavy atom. The fraction of sp³-hybridized carbons (Fsp3) is 0.137. The number of hydrogen-bond acceptors (Lipinski definition) is 0. The summed E-state index contributed by atoms with van der Waals surface area (Å²) in [6.45, 7) is 13.6. The quantitative estimate of drug-likeness (QED) is 0.161. The summed E-state index contributed by atoms with van der Waals surface area (Å²) in [7, 11) is 0. The van der Waals surface area contributed by atoms with Crippen LogP contribution in [0.2, 0.25) is 0 Å². The van der Waals surface area contributed by atoms with Crippen LogP contribution in [0.4, 0.5) is 0 Å². The number of nitrogens with zero attached hydrogens (tertiary/aromatic N) is 1. The summed E-state index contributed by atoms with van der Waals surface area (Å²) >= 11 is 0. The van der Waals surface area contributed by atoms with Crippen molar-refractivity contribution in [3.8, 4) is 39.1 Å². The lowest BCUT2D eigenvalue weighted by molar-refractivity contribution is 1.13. The number of aromatic nitrogens is 1. The lowest BCUT2D eigenvalue weighted by Gasteiger charge is -2.23. The van der Waals surface area contributed by atoms with E-state index in [4.69, 9.17) is 0 Å².